The van der Waals surface area contributed by atoms with E-state index in [1.807, 2.05) is 6.20 Å². The fourth-order valence-electron chi connectivity index (χ4n) is 2.98. The summed E-state index contributed by atoms with van der Waals surface area (Å²) >= 11 is 0. The van der Waals surface area contributed by atoms with Crippen molar-refractivity contribution >= 4 is 5.69 Å². The summed E-state index contributed by atoms with van der Waals surface area (Å²) in [5.74, 6) is 0.685. The van der Waals surface area contributed by atoms with Crippen molar-refractivity contribution in [3.8, 4) is 0 Å². The van der Waals surface area contributed by atoms with Gasteiger partial charge in [-0.1, -0.05) is 0 Å². The molecule has 3 nitrogen and oxygen atoms in total. The maximum absolute atomic E-state index is 5.75. The number of fused-ring (bicyclic) bond motifs is 1. The van der Waals surface area contributed by atoms with Gasteiger partial charge in [0.2, 0.25) is 0 Å². The second kappa shape index (κ2) is 4.06. The zero-order valence-electron chi connectivity index (χ0n) is 9.65. The molecule has 1 unspecified atom stereocenters. The molecule has 16 heavy (non-hydrogen) atoms. The van der Waals surface area contributed by atoms with Crippen LogP contribution in [0.5, 0.6) is 0 Å². The van der Waals surface area contributed by atoms with Gasteiger partial charge < -0.3 is 10.6 Å². The number of rotatable bonds is 2. The zero-order valence-corrected chi connectivity index (χ0v) is 9.65. The second-order valence-corrected chi connectivity index (χ2v) is 4.95. The zero-order chi connectivity index (χ0) is 11.0. The highest BCUT2D eigenvalue weighted by Gasteiger charge is 2.25. The molecule has 0 spiro atoms. The Labute approximate surface area is 96.7 Å². The monoisotopic (exact) mass is 217 g/mol. The fourth-order valence-corrected chi connectivity index (χ4v) is 2.98. The van der Waals surface area contributed by atoms with Crippen molar-refractivity contribution in [2.45, 2.75) is 25.7 Å². The van der Waals surface area contributed by atoms with Gasteiger partial charge in [-0.3, -0.25) is 4.98 Å². The van der Waals surface area contributed by atoms with E-state index in [4.69, 9.17) is 5.73 Å². The molecule has 0 aromatic carbocycles. The molecule has 1 aliphatic heterocycles. The lowest BCUT2D eigenvalue weighted by molar-refractivity contribution is 0.602. The van der Waals surface area contributed by atoms with E-state index >= 15 is 0 Å². The molecule has 1 aromatic rings. The highest BCUT2D eigenvalue weighted by Crippen LogP contribution is 2.32. The highest BCUT2D eigenvalue weighted by atomic mass is 15.2. The standard InChI is InChI=1S/C13H19N3/c14-8-10-5-7-16(9-10)13-4-6-15-12-3-1-2-11(12)13/h4,6,10H,1-3,5,7-9,14H2. The van der Waals surface area contributed by atoms with E-state index in [1.165, 1.54) is 42.8 Å². The van der Waals surface area contributed by atoms with Crippen LogP contribution in [0.1, 0.15) is 24.1 Å². The third kappa shape index (κ3) is 1.59. The van der Waals surface area contributed by atoms with Gasteiger partial charge in [0, 0.05) is 30.7 Å². The third-order valence-corrected chi connectivity index (χ3v) is 3.92. The van der Waals surface area contributed by atoms with Crippen LogP contribution in [-0.4, -0.2) is 24.6 Å². The van der Waals surface area contributed by atoms with E-state index in [0.29, 0.717) is 5.92 Å². The number of hydrogen-bond acceptors (Lipinski definition) is 3. The second-order valence-electron chi connectivity index (χ2n) is 4.95. The molecule has 1 aliphatic carbocycles. The largest absolute Gasteiger partial charge is 0.371 e. The SMILES string of the molecule is NCC1CCN(c2ccnc3c2CCC3)C1. The van der Waals surface area contributed by atoms with Gasteiger partial charge in [0.25, 0.3) is 0 Å². The molecular formula is C13H19N3. The predicted molar refractivity (Wildman–Crippen MR) is 65.6 cm³/mol. The quantitative estimate of drug-likeness (QED) is 0.813. The summed E-state index contributed by atoms with van der Waals surface area (Å²) in [5.41, 5.74) is 10.0. The minimum Gasteiger partial charge on any atom is -0.371 e. The molecule has 0 saturated carbocycles. The predicted octanol–water partition coefficient (Wildman–Crippen LogP) is 1.36. The molecule has 86 valence electrons. The number of aryl methyl sites for hydroxylation is 1. The van der Waals surface area contributed by atoms with Crippen molar-refractivity contribution in [2.75, 3.05) is 24.5 Å². The minimum absolute atomic E-state index is 0.685. The molecule has 1 saturated heterocycles. The van der Waals surface area contributed by atoms with Gasteiger partial charge in [-0.2, -0.15) is 0 Å². The Morgan fingerprint density at radius 2 is 2.38 bits per heavy atom. The van der Waals surface area contributed by atoms with Crippen molar-refractivity contribution in [1.29, 1.82) is 0 Å². The first-order valence-corrected chi connectivity index (χ1v) is 6.30. The Kier molecular flexibility index (Phi) is 2.56. The van der Waals surface area contributed by atoms with Crippen molar-refractivity contribution < 1.29 is 0 Å². The molecule has 2 aliphatic rings. The van der Waals surface area contributed by atoms with E-state index in [-0.39, 0.29) is 0 Å². The maximum Gasteiger partial charge on any atom is 0.0456 e. The lowest BCUT2D eigenvalue weighted by Gasteiger charge is -2.21. The van der Waals surface area contributed by atoms with E-state index in [0.717, 1.165) is 19.5 Å². The molecule has 1 fully saturated rings. The van der Waals surface area contributed by atoms with E-state index in [1.54, 1.807) is 0 Å². The number of pyridine rings is 1. The molecule has 0 radical (unpaired) electrons. The average molecular weight is 217 g/mol. The molecule has 0 amide bonds. The molecule has 0 bridgehead atoms. The van der Waals surface area contributed by atoms with Gasteiger partial charge >= 0.3 is 0 Å². The summed E-state index contributed by atoms with van der Waals surface area (Å²) in [6.45, 7) is 3.12. The van der Waals surface area contributed by atoms with Crippen LogP contribution in [0.2, 0.25) is 0 Å². The molecule has 2 N–H and O–H groups in total. The smallest absolute Gasteiger partial charge is 0.0456 e. The maximum atomic E-state index is 5.75. The third-order valence-electron chi connectivity index (χ3n) is 3.92. The summed E-state index contributed by atoms with van der Waals surface area (Å²) in [4.78, 5) is 6.98. The van der Waals surface area contributed by atoms with Crippen LogP contribution in [0.15, 0.2) is 12.3 Å². The Bertz CT molecular complexity index is 389. The van der Waals surface area contributed by atoms with Gasteiger partial charge in [-0.25, -0.2) is 0 Å². The number of aromatic nitrogens is 1. The highest BCUT2D eigenvalue weighted by molar-refractivity contribution is 5.57. The summed E-state index contributed by atoms with van der Waals surface area (Å²) in [6, 6.07) is 2.18. The number of nitrogens with zero attached hydrogens (tertiary/aromatic N) is 2. The molecule has 3 rings (SSSR count). The van der Waals surface area contributed by atoms with Crippen LogP contribution in [0.4, 0.5) is 5.69 Å². The summed E-state index contributed by atoms with van der Waals surface area (Å²) in [7, 11) is 0. The summed E-state index contributed by atoms with van der Waals surface area (Å²) in [6.07, 6.45) is 6.86. The Morgan fingerprint density at radius 3 is 3.19 bits per heavy atom. The van der Waals surface area contributed by atoms with E-state index in [2.05, 4.69) is 16.0 Å². The lowest BCUT2D eigenvalue weighted by atomic mass is 10.1. The van der Waals surface area contributed by atoms with Gasteiger partial charge in [0.15, 0.2) is 0 Å². The van der Waals surface area contributed by atoms with Crippen LogP contribution >= 0.6 is 0 Å². The van der Waals surface area contributed by atoms with E-state index in [9.17, 15) is 0 Å². The van der Waals surface area contributed by atoms with Crippen LogP contribution < -0.4 is 10.6 Å². The Balaban J connectivity index is 1.87. The summed E-state index contributed by atoms with van der Waals surface area (Å²) < 4.78 is 0. The number of anilines is 1. The fraction of sp³-hybridized carbons (Fsp3) is 0.615. The number of nitrogens with two attached hydrogens (primary N) is 1. The average Bonchev–Trinajstić information content (AvgIpc) is 2.97. The van der Waals surface area contributed by atoms with Crippen molar-refractivity contribution in [2.24, 2.45) is 11.7 Å². The molecule has 1 atom stereocenters. The van der Waals surface area contributed by atoms with Crippen molar-refractivity contribution in [3.05, 3.63) is 23.5 Å². The van der Waals surface area contributed by atoms with Crippen molar-refractivity contribution in [3.63, 3.8) is 0 Å². The summed E-state index contributed by atoms with van der Waals surface area (Å²) in [5, 5.41) is 0. The van der Waals surface area contributed by atoms with Gasteiger partial charge in [0.1, 0.15) is 0 Å². The molecule has 3 heteroatoms. The minimum atomic E-state index is 0.685. The first kappa shape index (κ1) is 10.1. The molecular weight excluding hydrogens is 198 g/mol. The number of hydrogen-bond donors (Lipinski definition) is 1. The lowest BCUT2D eigenvalue weighted by Crippen LogP contribution is -2.23. The van der Waals surface area contributed by atoms with Crippen LogP contribution in [0, 0.1) is 5.92 Å². The van der Waals surface area contributed by atoms with Gasteiger partial charge in [-0.15, -0.1) is 0 Å². The Morgan fingerprint density at radius 1 is 1.44 bits per heavy atom. The molecule has 2 heterocycles. The van der Waals surface area contributed by atoms with Crippen LogP contribution in [-0.2, 0) is 12.8 Å². The topological polar surface area (TPSA) is 42.1 Å². The first-order chi connectivity index (χ1) is 7.88. The Hall–Kier alpha value is -1.09. The van der Waals surface area contributed by atoms with Gasteiger partial charge in [0.05, 0.1) is 0 Å². The van der Waals surface area contributed by atoms with Crippen LogP contribution in [0.25, 0.3) is 0 Å². The normalized spacial score (nSPS) is 23.8. The van der Waals surface area contributed by atoms with E-state index < -0.39 is 0 Å². The van der Waals surface area contributed by atoms with Crippen molar-refractivity contribution in [1.82, 2.24) is 4.98 Å². The first-order valence-electron chi connectivity index (χ1n) is 6.30. The molecule has 1 aromatic heterocycles. The van der Waals surface area contributed by atoms with Crippen LogP contribution in [0.3, 0.4) is 0 Å². The van der Waals surface area contributed by atoms with Gasteiger partial charge in [-0.05, 0) is 49.8 Å².